The maximum atomic E-state index is 12.4. The fraction of sp³-hybridized carbons (Fsp3) is 0.562. The van der Waals surface area contributed by atoms with E-state index < -0.39 is 91.4 Å². The van der Waals surface area contributed by atoms with E-state index in [1.165, 1.54) is 6.92 Å². The van der Waals surface area contributed by atoms with E-state index in [4.69, 9.17) is 26.8 Å². The number of amides is 4. The zero-order chi connectivity index (χ0) is 24.3. The lowest BCUT2D eigenvalue weighted by molar-refractivity contribution is -0.144. The van der Waals surface area contributed by atoms with E-state index in [1.54, 1.807) is 0 Å². The number of nitrogens with one attached hydrogen (secondary N) is 3. The molecule has 0 aliphatic heterocycles. The maximum absolute atomic E-state index is 12.4. The predicted molar refractivity (Wildman–Crippen MR) is 100 cm³/mol. The first-order valence-corrected chi connectivity index (χ1v) is 8.86. The number of carboxylic acids is 3. The van der Waals surface area contributed by atoms with Gasteiger partial charge in [0.25, 0.3) is 0 Å². The third-order valence-corrected chi connectivity index (χ3v) is 3.73. The molecule has 10 N–H and O–H groups in total. The SMILES string of the molecule is CC(N)C(=O)NC(CC(=O)O)C(=O)NC(CCC(=O)O)C(=O)NC(CC(N)=O)C(=O)O. The number of primary amides is 1. The highest BCUT2D eigenvalue weighted by atomic mass is 16.4. The molecule has 31 heavy (non-hydrogen) atoms. The summed E-state index contributed by atoms with van der Waals surface area (Å²) >= 11 is 0. The Bertz CT molecular complexity index is 738. The highest BCUT2D eigenvalue weighted by Crippen LogP contribution is 2.03. The monoisotopic (exact) mass is 447 g/mol. The fourth-order valence-electron chi connectivity index (χ4n) is 2.17. The maximum Gasteiger partial charge on any atom is 0.326 e. The van der Waals surface area contributed by atoms with Gasteiger partial charge in [-0.25, -0.2) is 4.79 Å². The van der Waals surface area contributed by atoms with E-state index in [0.29, 0.717) is 0 Å². The second-order valence-electron chi connectivity index (χ2n) is 6.51. The van der Waals surface area contributed by atoms with E-state index in [9.17, 15) is 33.6 Å². The highest BCUT2D eigenvalue weighted by Gasteiger charge is 2.31. The number of hydrogen-bond acceptors (Lipinski definition) is 8. The molecule has 0 spiro atoms. The number of aliphatic carboxylic acids is 3. The zero-order valence-corrected chi connectivity index (χ0v) is 16.5. The van der Waals surface area contributed by atoms with Gasteiger partial charge in [-0.1, -0.05) is 0 Å². The molecule has 0 aliphatic rings. The van der Waals surface area contributed by atoms with Gasteiger partial charge in [-0.2, -0.15) is 0 Å². The molecule has 0 aromatic rings. The van der Waals surface area contributed by atoms with E-state index in [-0.39, 0.29) is 0 Å². The second kappa shape index (κ2) is 12.7. The fourth-order valence-corrected chi connectivity index (χ4v) is 2.17. The van der Waals surface area contributed by atoms with Crippen molar-refractivity contribution in [1.29, 1.82) is 0 Å². The molecule has 0 fully saturated rings. The summed E-state index contributed by atoms with van der Waals surface area (Å²) in [7, 11) is 0. The molecule has 0 saturated carbocycles. The smallest absolute Gasteiger partial charge is 0.326 e. The summed E-state index contributed by atoms with van der Waals surface area (Å²) in [5.41, 5.74) is 10.3. The predicted octanol–water partition coefficient (Wildman–Crippen LogP) is -3.91. The number of hydrogen-bond donors (Lipinski definition) is 8. The van der Waals surface area contributed by atoms with E-state index in [0.717, 1.165) is 0 Å². The summed E-state index contributed by atoms with van der Waals surface area (Å²) in [5.74, 6) is -8.63. The topological polar surface area (TPSA) is 268 Å². The summed E-state index contributed by atoms with van der Waals surface area (Å²) in [6.45, 7) is 1.28. The van der Waals surface area contributed by atoms with Crippen LogP contribution in [-0.2, 0) is 33.6 Å². The average Bonchev–Trinajstić information content (AvgIpc) is 2.62. The first-order valence-electron chi connectivity index (χ1n) is 8.86. The van der Waals surface area contributed by atoms with Crippen LogP contribution < -0.4 is 27.4 Å². The van der Waals surface area contributed by atoms with Crippen molar-refractivity contribution in [2.45, 2.75) is 56.8 Å². The number of carbonyl (C=O) groups is 7. The highest BCUT2D eigenvalue weighted by molar-refractivity contribution is 5.96. The second-order valence-corrected chi connectivity index (χ2v) is 6.51. The van der Waals surface area contributed by atoms with Crippen LogP contribution in [-0.4, -0.2) is 81.0 Å². The molecule has 15 heteroatoms. The molecule has 15 nitrogen and oxygen atoms in total. The minimum atomic E-state index is -1.75. The number of rotatable bonds is 14. The van der Waals surface area contributed by atoms with Gasteiger partial charge in [0, 0.05) is 6.42 Å². The molecule has 4 unspecified atom stereocenters. The van der Waals surface area contributed by atoms with Gasteiger partial charge in [0.2, 0.25) is 23.6 Å². The Kier molecular flexibility index (Phi) is 11.2. The van der Waals surface area contributed by atoms with Gasteiger partial charge in [0.05, 0.1) is 18.9 Å². The molecule has 0 aromatic heterocycles. The quantitative estimate of drug-likeness (QED) is 0.127. The molecular weight excluding hydrogens is 422 g/mol. The Morgan fingerprint density at radius 3 is 1.65 bits per heavy atom. The largest absolute Gasteiger partial charge is 0.481 e. The molecule has 0 aliphatic carbocycles. The van der Waals surface area contributed by atoms with Gasteiger partial charge in [-0.05, 0) is 13.3 Å². The summed E-state index contributed by atoms with van der Waals surface area (Å²) < 4.78 is 0. The van der Waals surface area contributed by atoms with Crippen molar-refractivity contribution in [2.75, 3.05) is 0 Å². The van der Waals surface area contributed by atoms with Gasteiger partial charge in [-0.15, -0.1) is 0 Å². The molecule has 0 saturated heterocycles. The summed E-state index contributed by atoms with van der Waals surface area (Å²) in [6.07, 6.45) is -2.78. The van der Waals surface area contributed by atoms with Crippen molar-refractivity contribution in [1.82, 2.24) is 16.0 Å². The summed E-state index contributed by atoms with van der Waals surface area (Å²) in [6, 6.07) is -6.11. The molecule has 4 amide bonds. The van der Waals surface area contributed by atoms with Crippen LogP contribution in [0, 0.1) is 0 Å². The molecule has 0 radical (unpaired) electrons. The van der Waals surface area contributed by atoms with Gasteiger partial charge in [0.15, 0.2) is 0 Å². The molecular formula is C16H25N5O10. The Hall–Kier alpha value is -3.75. The number of carboxylic acid groups (broad SMARTS) is 3. The lowest BCUT2D eigenvalue weighted by Gasteiger charge is -2.24. The van der Waals surface area contributed by atoms with Crippen LogP contribution in [0.4, 0.5) is 0 Å². The average molecular weight is 447 g/mol. The van der Waals surface area contributed by atoms with E-state index in [2.05, 4.69) is 10.6 Å². The summed E-state index contributed by atoms with van der Waals surface area (Å²) in [4.78, 5) is 80.5. The Morgan fingerprint density at radius 2 is 1.23 bits per heavy atom. The molecule has 0 heterocycles. The first kappa shape index (κ1) is 27.2. The minimum absolute atomic E-state index is 0.503. The van der Waals surface area contributed by atoms with Gasteiger partial charge >= 0.3 is 17.9 Å². The van der Waals surface area contributed by atoms with Crippen molar-refractivity contribution in [2.24, 2.45) is 11.5 Å². The van der Waals surface area contributed by atoms with Gasteiger partial charge < -0.3 is 42.7 Å². The Balaban J connectivity index is 5.54. The molecule has 0 aromatic carbocycles. The third-order valence-electron chi connectivity index (χ3n) is 3.73. The molecule has 174 valence electrons. The third kappa shape index (κ3) is 11.1. The van der Waals surface area contributed by atoms with Crippen molar-refractivity contribution in [3.05, 3.63) is 0 Å². The van der Waals surface area contributed by atoms with Crippen LogP contribution >= 0.6 is 0 Å². The zero-order valence-electron chi connectivity index (χ0n) is 16.5. The Morgan fingerprint density at radius 1 is 0.742 bits per heavy atom. The Labute approximate surface area is 175 Å². The van der Waals surface area contributed by atoms with Gasteiger partial charge in [-0.3, -0.25) is 28.8 Å². The van der Waals surface area contributed by atoms with Crippen LogP contribution in [0.15, 0.2) is 0 Å². The standard InChI is InChI=1S/C16H25N5O10/c1-6(17)13(27)20-8(5-12(25)26)15(29)19-7(2-3-11(23)24)14(28)21-9(16(30)31)4-10(18)22/h6-9H,2-5,17H2,1H3,(H2,18,22)(H,19,29)(H,20,27)(H,21,28)(H,23,24)(H,25,26)(H,30,31). The number of carbonyl (C=O) groups excluding carboxylic acids is 4. The summed E-state index contributed by atoms with van der Waals surface area (Å²) in [5, 5.41) is 32.9. The van der Waals surface area contributed by atoms with Crippen LogP contribution in [0.5, 0.6) is 0 Å². The van der Waals surface area contributed by atoms with Crippen molar-refractivity contribution in [3.63, 3.8) is 0 Å². The van der Waals surface area contributed by atoms with Crippen LogP contribution in [0.3, 0.4) is 0 Å². The van der Waals surface area contributed by atoms with Crippen LogP contribution in [0.1, 0.15) is 32.6 Å². The minimum Gasteiger partial charge on any atom is -0.481 e. The van der Waals surface area contributed by atoms with E-state index in [1.807, 2.05) is 5.32 Å². The lowest BCUT2D eigenvalue weighted by Crippen LogP contribution is -2.57. The van der Waals surface area contributed by atoms with Crippen molar-refractivity contribution in [3.8, 4) is 0 Å². The van der Waals surface area contributed by atoms with Crippen molar-refractivity contribution >= 4 is 41.5 Å². The molecule has 0 bridgehead atoms. The van der Waals surface area contributed by atoms with Crippen molar-refractivity contribution < 1.29 is 48.9 Å². The molecule has 0 rings (SSSR count). The van der Waals surface area contributed by atoms with Crippen LogP contribution in [0.2, 0.25) is 0 Å². The molecule has 4 atom stereocenters. The van der Waals surface area contributed by atoms with Crippen LogP contribution in [0.25, 0.3) is 0 Å². The first-order chi connectivity index (χ1) is 14.2. The normalized spacial score (nSPS) is 14.3. The number of nitrogens with two attached hydrogens (primary N) is 2. The lowest BCUT2D eigenvalue weighted by atomic mass is 10.1. The van der Waals surface area contributed by atoms with Gasteiger partial charge in [0.1, 0.15) is 18.1 Å². The van der Waals surface area contributed by atoms with E-state index >= 15 is 0 Å².